The van der Waals surface area contributed by atoms with Crippen LogP contribution in [0.5, 0.6) is 0 Å². The number of carbonyl (C=O) groups excluding carboxylic acids is 1. The van der Waals surface area contributed by atoms with E-state index in [0.29, 0.717) is 6.42 Å². The molecule has 1 aliphatic heterocycles. The van der Waals surface area contributed by atoms with E-state index in [1.54, 1.807) is 11.8 Å². The molecule has 2 heterocycles. The minimum atomic E-state index is 0.258. The highest BCUT2D eigenvalue weighted by Crippen LogP contribution is 2.35. The van der Waals surface area contributed by atoms with Crippen LogP contribution in [0.2, 0.25) is 0 Å². The van der Waals surface area contributed by atoms with Gasteiger partial charge in [0.1, 0.15) is 0 Å². The Balaban J connectivity index is 2.30. The second kappa shape index (κ2) is 3.67. The van der Waals surface area contributed by atoms with Gasteiger partial charge in [-0.2, -0.15) is 0 Å². The number of carbonyl (C=O) groups is 1. The van der Waals surface area contributed by atoms with Gasteiger partial charge in [0.05, 0.1) is 5.69 Å². The lowest BCUT2D eigenvalue weighted by atomic mass is 10.1. The van der Waals surface area contributed by atoms with Crippen LogP contribution >= 0.6 is 11.8 Å². The first kappa shape index (κ1) is 9.97. The third-order valence-electron chi connectivity index (χ3n) is 2.98. The van der Waals surface area contributed by atoms with Crippen LogP contribution < -0.4 is 0 Å². The Bertz CT molecular complexity index is 571. The average molecular weight is 231 g/mol. The van der Waals surface area contributed by atoms with Crippen molar-refractivity contribution in [3.05, 3.63) is 29.5 Å². The summed E-state index contributed by atoms with van der Waals surface area (Å²) in [5, 5.41) is 1.20. The SMILES string of the molecule is Cc1ccc2[nH]c3c(c2c1)SCCCC3=O. The number of Topliss-reactive ketones (excluding diaryl/α,β-unsaturated/α-hetero) is 1. The summed E-state index contributed by atoms with van der Waals surface area (Å²) in [6, 6.07) is 6.30. The second-order valence-electron chi connectivity index (χ2n) is 4.25. The lowest BCUT2D eigenvalue weighted by molar-refractivity contribution is 0.0976. The van der Waals surface area contributed by atoms with Crippen molar-refractivity contribution in [3.8, 4) is 0 Å². The van der Waals surface area contributed by atoms with Crippen LogP contribution in [0.3, 0.4) is 0 Å². The number of rotatable bonds is 0. The molecule has 1 aromatic carbocycles. The molecule has 2 aromatic rings. The molecular weight excluding hydrogens is 218 g/mol. The molecule has 0 atom stereocenters. The van der Waals surface area contributed by atoms with Gasteiger partial charge in [0.25, 0.3) is 0 Å². The quantitative estimate of drug-likeness (QED) is 0.752. The number of aryl methyl sites for hydroxylation is 1. The molecular formula is C13H13NOS. The number of hydrogen-bond donors (Lipinski definition) is 1. The van der Waals surface area contributed by atoms with E-state index < -0.39 is 0 Å². The van der Waals surface area contributed by atoms with E-state index in [-0.39, 0.29) is 5.78 Å². The maximum absolute atomic E-state index is 11.9. The summed E-state index contributed by atoms with van der Waals surface area (Å²) >= 11 is 1.81. The number of fused-ring (bicyclic) bond motifs is 3. The molecule has 0 unspecified atom stereocenters. The fraction of sp³-hybridized carbons (Fsp3) is 0.308. The van der Waals surface area contributed by atoms with Crippen LogP contribution in [0.15, 0.2) is 23.1 Å². The third kappa shape index (κ3) is 1.47. The predicted molar refractivity (Wildman–Crippen MR) is 67.3 cm³/mol. The van der Waals surface area contributed by atoms with Crippen molar-refractivity contribution in [2.75, 3.05) is 5.75 Å². The van der Waals surface area contributed by atoms with Crippen molar-refractivity contribution in [1.29, 1.82) is 0 Å². The van der Waals surface area contributed by atoms with Gasteiger partial charge in [-0.1, -0.05) is 11.6 Å². The molecule has 82 valence electrons. The maximum Gasteiger partial charge on any atom is 0.180 e. The van der Waals surface area contributed by atoms with E-state index in [9.17, 15) is 4.79 Å². The van der Waals surface area contributed by atoms with Crippen molar-refractivity contribution in [1.82, 2.24) is 4.98 Å². The molecule has 1 aliphatic rings. The van der Waals surface area contributed by atoms with Gasteiger partial charge in [-0.3, -0.25) is 4.79 Å². The number of nitrogens with one attached hydrogen (secondary N) is 1. The van der Waals surface area contributed by atoms with Gasteiger partial charge in [-0.05, 0) is 31.2 Å². The number of H-pyrrole nitrogens is 1. The molecule has 0 bridgehead atoms. The van der Waals surface area contributed by atoms with Gasteiger partial charge in [0.2, 0.25) is 0 Å². The zero-order valence-electron chi connectivity index (χ0n) is 9.17. The molecule has 0 amide bonds. The first-order valence-corrected chi connectivity index (χ1v) is 6.52. The minimum absolute atomic E-state index is 0.258. The second-order valence-corrected chi connectivity index (χ2v) is 5.36. The Morgan fingerprint density at radius 2 is 2.25 bits per heavy atom. The Kier molecular flexibility index (Phi) is 2.28. The number of thioether (sulfide) groups is 1. The van der Waals surface area contributed by atoms with Crippen molar-refractivity contribution < 1.29 is 4.79 Å². The summed E-state index contributed by atoms with van der Waals surface area (Å²) in [5.41, 5.74) is 3.15. The Morgan fingerprint density at radius 1 is 1.38 bits per heavy atom. The van der Waals surface area contributed by atoms with Gasteiger partial charge >= 0.3 is 0 Å². The molecule has 0 saturated carbocycles. The van der Waals surface area contributed by atoms with Crippen LogP contribution in [-0.2, 0) is 0 Å². The summed E-state index contributed by atoms with van der Waals surface area (Å²) in [4.78, 5) is 16.3. The van der Waals surface area contributed by atoms with E-state index in [1.165, 1.54) is 10.9 Å². The first-order chi connectivity index (χ1) is 7.75. The normalized spacial score (nSPS) is 16.2. The highest BCUT2D eigenvalue weighted by Gasteiger charge is 2.20. The topological polar surface area (TPSA) is 32.9 Å². The zero-order chi connectivity index (χ0) is 11.1. The summed E-state index contributed by atoms with van der Waals surface area (Å²) in [7, 11) is 0. The van der Waals surface area contributed by atoms with E-state index in [4.69, 9.17) is 0 Å². The molecule has 1 N–H and O–H groups in total. The molecule has 1 aromatic heterocycles. The van der Waals surface area contributed by atoms with E-state index in [1.807, 2.05) is 0 Å². The average Bonchev–Trinajstić information content (AvgIpc) is 2.52. The lowest BCUT2D eigenvalue weighted by Gasteiger charge is -1.97. The number of aromatic nitrogens is 1. The van der Waals surface area contributed by atoms with Gasteiger partial charge in [0.15, 0.2) is 5.78 Å². The van der Waals surface area contributed by atoms with Crippen molar-refractivity contribution in [2.45, 2.75) is 24.7 Å². The minimum Gasteiger partial charge on any atom is -0.351 e. The number of hydrogen-bond acceptors (Lipinski definition) is 2. The Morgan fingerprint density at radius 3 is 3.12 bits per heavy atom. The molecule has 0 radical (unpaired) electrons. The van der Waals surface area contributed by atoms with Crippen LogP contribution in [-0.4, -0.2) is 16.5 Å². The molecule has 3 heteroatoms. The number of benzene rings is 1. The predicted octanol–water partition coefficient (Wildman–Crippen LogP) is 3.54. The highest BCUT2D eigenvalue weighted by molar-refractivity contribution is 7.99. The summed E-state index contributed by atoms with van der Waals surface area (Å²) in [5.74, 6) is 1.30. The van der Waals surface area contributed by atoms with Crippen LogP contribution in [0.25, 0.3) is 10.9 Å². The van der Waals surface area contributed by atoms with Crippen LogP contribution in [0, 0.1) is 6.92 Å². The lowest BCUT2D eigenvalue weighted by Crippen LogP contribution is -1.98. The fourth-order valence-corrected chi connectivity index (χ4v) is 3.29. The standard InChI is InChI=1S/C13H13NOS/c1-8-4-5-10-9(7-8)13-12(14-10)11(15)3-2-6-16-13/h4-5,7,14H,2-3,6H2,1H3. The number of aromatic amines is 1. The largest absolute Gasteiger partial charge is 0.351 e. The van der Waals surface area contributed by atoms with Gasteiger partial charge in [-0.25, -0.2) is 0 Å². The van der Waals surface area contributed by atoms with Gasteiger partial charge in [-0.15, -0.1) is 11.8 Å². The molecule has 16 heavy (non-hydrogen) atoms. The molecule has 0 fully saturated rings. The highest BCUT2D eigenvalue weighted by atomic mass is 32.2. The maximum atomic E-state index is 11.9. The molecule has 0 spiro atoms. The van der Waals surface area contributed by atoms with Gasteiger partial charge in [0, 0.05) is 22.2 Å². The van der Waals surface area contributed by atoms with E-state index in [0.717, 1.165) is 28.3 Å². The summed E-state index contributed by atoms with van der Waals surface area (Å²) in [6.45, 7) is 2.09. The van der Waals surface area contributed by atoms with Gasteiger partial charge < -0.3 is 4.98 Å². The molecule has 0 aliphatic carbocycles. The van der Waals surface area contributed by atoms with Crippen molar-refractivity contribution in [2.24, 2.45) is 0 Å². The van der Waals surface area contributed by atoms with Crippen LogP contribution in [0.1, 0.15) is 28.9 Å². The third-order valence-corrected chi connectivity index (χ3v) is 4.19. The summed E-state index contributed by atoms with van der Waals surface area (Å²) in [6.07, 6.45) is 1.66. The zero-order valence-corrected chi connectivity index (χ0v) is 9.99. The van der Waals surface area contributed by atoms with E-state index in [2.05, 4.69) is 30.1 Å². The monoisotopic (exact) mass is 231 g/mol. The first-order valence-electron chi connectivity index (χ1n) is 5.54. The number of ketones is 1. The fourth-order valence-electron chi connectivity index (χ4n) is 2.16. The summed E-state index contributed by atoms with van der Waals surface area (Å²) < 4.78 is 0. The van der Waals surface area contributed by atoms with E-state index >= 15 is 0 Å². The Hall–Kier alpha value is -1.22. The van der Waals surface area contributed by atoms with Crippen LogP contribution in [0.4, 0.5) is 0 Å². The Labute approximate surface area is 98.4 Å². The smallest absolute Gasteiger partial charge is 0.180 e. The van der Waals surface area contributed by atoms with Crippen molar-refractivity contribution in [3.63, 3.8) is 0 Å². The van der Waals surface area contributed by atoms with Crippen molar-refractivity contribution >= 4 is 28.4 Å². The molecule has 2 nitrogen and oxygen atoms in total. The molecule has 0 saturated heterocycles. The molecule has 3 rings (SSSR count).